The highest BCUT2D eigenvalue weighted by Crippen LogP contribution is 2.28. The zero-order valence-electron chi connectivity index (χ0n) is 8.94. The highest BCUT2D eigenvalue weighted by atomic mass is 79.9. The van der Waals surface area contributed by atoms with Gasteiger partial charge in [0.2, 0.25) is 0 Å². The molecule has 0 unspecified atom stereocenters. The van der Waals surface area contributed by atoms with Gasteiger partial charge in [0.1, 0.15) is 5.75 Å². The van der Waals surface area contributed by atoms with Gasteiger partial charge < -0.3 is 15.6 Å². The minimum absolute atomic E-state index is 0.0534. The third kappa shape index (κ3) is 3.50. The quantitative estimate of drug-likeness (QED) is 0.832. The number of benzene rings is 1. The maximum absolute atomic E-state index is 11.2. The Kier molecular flexibility index (Phi) is 4.76. The molecule has 1 atom stereocenters. The zero-order valence-corrected chi connectivity index (χ0v) is 10.5. The van der Waals surface area contributed by atoms with E-state index in [2.05, 4.69) is 15.9 Å². The first-order valence-electron chi connectivity index (χ1n) is 4.94. The summed E-state index contributed by atoms with van der Waals surface area (Å²) < 4.78 is 5.60. The van der Waals surface area contributed by atoms with Crippen LogP contribution in [0, 0.1) is 0 Å². The van der Waals surface area contributed by atoms with E-state index < -0.39 is 6.04 Å². The molecule has 3 N–H and O–H groups in total. The van der Waals surface area contributed by atoms with Crippen LogP contribution in [0.25, 0.3) is 0 Å². The standard InChI is InChI=1S/C11H14BrNO3/c1-2-16-11(15)6-9(13)8-5-7(12)3-4-10(8)14/h3-5,9,14H,2,6,13H2,1H3/t9-/m1/s1. The van der Waals surface area contributed by atoms with Crippen LogP contribution in [0.15, 0.2) is 22.7 Å². The van der Waals surface area contributed by atoms with Crippen LogP contribution in [0.2, 0.25) is 0 Å². The van der Waals surface area contributed by atoms with Crippen LogP contribution in [0.3, 0.4) is 0 Å². The van der Waals surface area contributed by atoms with Crippen molar-refractivity contribution in [3.8, 4) is 5.75 Å². The Hall–Kier alpha value is -1.07. The first-order chi connectivity index (χ1) is 7.54. The largest absolute Gasteiger partial charge is 0.508 e. The minimum Gasteiger partial charge on any atom is -0.508 e. The number of phenolic OH excluding ortho intramolecular Hbond substituents is 1. The van der Waals surface area contributed by atoms with Gasteiger partial charge in [-0.2, -0.15) is 0 Å². The van der Waals surface area contributed by atoms with Crippen molar-refractivity contribution in [3.63, 3.8) is 0 Å². The summed E-state index contributed by atoms with van der Waals surface area (Å²) in [6.07, 6.45) is 0.0534. The molecule has 0 heterocycles. The van der Waals surface area contributed by atoms with Crippen LogP contribution in [-0.2, 0) is 9.53 Å². The Bertz CT molecular complexity index is 381. The van der Waals surface area contributed by atoms with E-state index in [0.29, 0.717) is 12.2 Å². The van der Waals surface area contributed by atoms with E-state index in [4.69, 9.17) is 10.5 Å². The molecule has 0 saturated carbocycles. The molecule has 0 saturated heterocycles. The SMILES string of the molecule is CCOC(=O)C[C@@H](N)c1cc(Br)ccc1O. The fourth-order valence-electron chi connectivity index (χ4n) is 1.33. The average molecular weight is 288 g/mol. The second-order valence-electron chi connectivity index (χ2n) is 3.32. The normalized spacial score (nSPS) is 12.2. The van der Waals surface area contributed by atoms with E-state index >= 15 is 0 Å². The zero-order chi connectivity index (χ0) is 12.1. The summed E-state index contributed by atoms with van der Waals surface area (Å²) in [6.45, 7) is 2.07. The Morgan fingerprint density at radius 1 is 1.62 bits per heavy atom. The predicted octanol–water partition coefficient (Wildman–Crippen LogP) is 2.11. The number of hydrogen-bond donors (Lipinski definition) is 2. The van der Waals surface area contributed by atoms with Crippen molar-refractivity contribution in [1.82, 2.24) is 0 Å². The van der Waals surface area contributed by atoms with Crippen molar-refractivity contribution < 1.29 is 14.6 Å². The maximum atomic E-state index is 11.2. The molecule has 0 aliphatic rings. The number of nitrogens with two attached hydrogens (primary N) is 1. The van der Waals surface area contributed by atoms with Crippen molar-refractivity contribution in [2.24, 2.45) is 5.73 Å². The number of esters is 1. The van der Waals surface area contributed by atoms with Crippen molar-refractivity contribution >= 4 is 21.9 Å². The molecule has 0 amide bonds. The minimum atomic E-state index is -0.559. The van der Waals surface area contributed by atoms with Crippen LogP contribution < -0.4 is 5.73 Å². The van der Waals surface area contributed by atoms with E-state index in [1.807, 2.05) is 0 Å². The summed E-state index contributed by atoms with van der Waals surface area (Å²) in [7, 11) is 0. The molecule has 88 valence electrons. The first-order valence-corrected chi connectivity index (χ1v) is 5.73. The van der Waals surface area contributed by atoms with E-state index in [-0.39, 0.29) is 18.1 Å². The molecule has 1 aromatic carbocycles. The number of rotatable bonds is 4. The lowest BCUT2D eigenvalue weighted by Gasteiger charge is -2.13. The number of halogens is 1. The van der Waals surface area contributed by atoms with Crippen molar-refractivity contribution in [1.29, 1.82) is 0 Å². The number of carbonyl (C=O) groups is 1. The molecule has 1 rings (SSSR count). The molecule has 0 aliphatic heterocycles. The summed E-state index contributed by atoms with van der Waals surface area (Å²) in [5.74, 6) is -0.283. The fourth-order valence-corrected chi connectivity index (χ4v) is 1.71. The fraction of sp³-hybridized carbons (Fsp3) is 0.364. The molecule has 0 bridgehead atoms. The first kappa shape index (κ1) is 13.0. The van der Waals surface area contributed by atoms with Crippen LogP contribution >= 0.6 is 15.9 Å². The lowest BCUT2D eigenvalue weighted by molar-refractivity contribution is -0.143. The predicted molar refractivity (Wildman–Crippen MR) is 64.0 cm³/mol. The lowest BCUT2D eigenvalue weighted by Crippen LogP contribution is -2.17. The number of hydrogen-bond acceptors (Lipinski definition) is 4. The lowest BCUT2D eigenvalue weighted by atomic mass is 10.0. The molecule has 4 nitrogen and oxygen atoms in total. The van der Waals surface area contributed by atoms with Crippen molar-refractivity contribution in [2.45, 2.75) is 19.4 Å². The smallest absolute Gasteiger partial charge is 0.307 e. The second kappa shape index (κ2) is 5.86. The third-order valence-electron chi connectivity index (χ3n) is 2.08. The van der Waals surface area contributed by atoms with Crippen LogP contribution in [0.4, 0.5) is 0 Å². The second-order valence-corrected chi connectivity index (χ2v) is 4.23. The maximum Gasteiger partial charge on any atom is 0.307 e. The van der Waals surface area contributed by atoms with E-state index in [1.54, 1.807) is 19.1 Å². The van der Waals surface area contributed by atoms with Crippen molar-refractivity contribution in [2.75, 3.05) is 6.61 Å². The summed E-state index contributed by atoms with van der Waals surface area (Å²) in [5.41, 5.74) is 6.34. The molecular weight excluding hydrogens is 274 g/mol. The van der Waals surface area contributed by atoms with E-state index in [0.717, 1.165) is 4.47 Å². The third-order valence-corrected chi connectivity index (χ3v) is 2.57. The Labute approximate surface area is 103 Å². The van der Waals surface area contributed by atoms with Gasteiger partial charge >= 0.3 is 5.97 Å². The van der Waals surface area contributed by atoms with Gasteiger partial charge in [-0.15, -0.1) is 0 Å². The molecule has 0 spiro atoms. The van der Waals surface area contributed by atoms with Crippen LogP contribution in [0.1, 0.15) is 24.9 Å². The van der Waals surface area contributed by atoms with Gasteiger partial charge in [0, 0.05) is 16.1 Å². The molecule has 0 aromatic heterocycles. The Morgan fingerprint density at radius 3 is 2.94 bits per heavy atom. The summed E-state index contributed by atoms with van der Waals surface area (Å²) in [5, 5.41) is 9.60. The number of aromatic hydroxyl groups is 1. The average Bonchev–Trinajstić information content (AvgIpc) is 2.21. The summed E-state index contributed by atoms with van der Waals surface area (Å²) >= 11 is 3.28. The van der Waals surface area contributed by atoms with Crippen molar-refractivity contribution in [3.05, 3.63) is 28.2 Å². The van der Waals surface area contributed by atoms with E-state index in [1.165, 1.54) is 6.07 Å². The molecule has 0 radical (unpaired) electrons. The van der Waals surface area contributed by atoms with Crippen LogP contribution in [0.5, 0.6) is 5.75 Å². The summed E-state index contributed by atoms with van der Waals surface area (Å²) in [4.78, 5) is 11.2. The number of ether oxygens (including phenoxy) is 1. The van der Waals surface area contributed by atoms with Gasteiger partial charge in [0.25, 0.3) is 0 Å². The van der Waals surface area contributed by atoms with Gasteiger partial charge in [0.15, 0.2) is 0 Å². The Balaban J connectivity index is 2.76. The topological polar surface area (TPSA) is 72.5 Å². The highest BCUT2D eigenvalue weighted by Gasteiger charge is 2.15. The van der Waals surface area contributed by atoms with Crippen LogP contribution in [-0.4, -0.2) is 17.7 Å². The molecule has 16 heavy (non-hydrogen) atoms. The Morgan fingerprint density at radius 2 is 2.31 bits per heavy atom. The molecule has 1 aromatic rings. The molecular formula is C11H14BrNO3. The van der Waals surface area contributed by atoms with Gasteiger partial charge in [-0.05, 0) is 25.1 Å². The van der Waals surface area contributed by atoms with Gasteiger partial charge in [-0.3, -0.25) is 4.79 Å². The highest BCUT2D eigenvalue weighted by molar-refractivity contribution is 9.10. The molecule has 0 fully saturated rings. The monoisotopic (exact) mass is 287 g/mol. The number of phenols is 1. The van der Waals surface area contributed by atoms with Gasteiger partial charge in [-0.25, -0.2) is 0 Å². The van der Waals surface area contributed by atoms with E-state index in [9.17, 15) is 9.90 Å². The molecule has 5 heteroatoms. The van der Waals surface area contributed by atoms with Gasteiger partial charge in [-0.1, -0.05) is 15.9 Å². The van der Waals surface area contributed by atoms with Gasteiger partial charge in [0.05, 0.1) is 13.0 Å². The summed E-state index contributed by atoms with van der Waals surface area (Å²) in [6, 6.07) is 4.37. The number of carbonyl (C=O) groups excluding carboxylic acids is 1. The molecule has 0 aliphatic carbocycles.